The van der Waals surface area contributed by atoms with E-state index in [1.165, 1.54) is 38.5 Å². The van der Waals surface area contributed by atoms with Gasteiger partial charge in [-0.3, -0.25) is 0 Å². The molecule has 0 aromatic rings. The van der Waals surface area contributed by atoms with Crippen molar-refractivity contribution in [2.24, 2.45) is 5.92 Å². The van der Waals surface area contributed by atoms with E-state index in [1.54, 1.807) is 0 Å². The zero-order chi connectivity index (χ0) is 8.53. The van der Waals surface area contributed by atoms with E-state index in [9.17, 15) is 0 Å². The highest BCUT2D eigenvalue weighted by Gasteiger charge is 2.04. The van der Waals surface area contributed by atoms with Gasteiger partial charge in [-0.25, -0.2) is 0 Å². The third-order valence-corrected chi connectivity index (χ3v) is 2.23. The minimum Gasteiger partial charge on any atom is -0.0654 e. The topological polar surface area (TPSA) is 0 Å². The van der Waals surface area contributed by atoms with Crippen molar-refractivity contribution in [1.29, 1.82) is 0 Å². The summed E-state index contributed by atoms with van der Waals surface area (Å²) in [4.78, 5) is 0. The van der Waals surface area contributed by atoms with Gasteiger partial charge in [-0.15, -0.1) is 0 Å². The van der Waals surface area contributed by atoms with E-state index in [0.717, 1.165) is 5.92 Å². The van der Waals surface area contributed by atoms with E-state index in [4.69, 9.17) is 0 Å². The summed E-state index contributed by atoms with van der Waals surface area (Å²) in [7, 11) is 0. The Labute approximate surface area is 72.4 Å². The number of hydrogen-bond donors (Lipinski definition) is 0. The second-order valence-electron chi connectivity index (χ2n) is 3.44. The Morgan fingerprint density at radius 1 is 1.09 bits per heavy atom. The van der Waals surface area contributed by atoms with Crippen molar-refractivity contribution in [2.45, 2.75) is 59.3 Å². The highest BCUT2D eigenvalue weighted by molar-refractivity contribution is 4.66. The van der Waals surface area contributed by atoms with Gasteiger partial charge in [-0.2, -0.15) is 0 Å². The molecule has 0 aliphatic heterocycles. The van der Waals surface area contributed by atoms with Crippen LogP contribution >= 0.6 is 0 Å². The summed E-state index contributed by atoms with van der Waals surface area (Å²) in [5.74, 6) is 0.977. The lowest BCUT2D eigenvalue weighted by atomic mass is 9.93. The van der Waals surface area contributed by atoms with Gasteiger partial charge in [0.25, 0.3) is 0 Å². The molecule has 67 valence electrons. The molecule has 0 aliphatic carbocycles. The zero-order valence-electron chi connectivity index (χ0n) is 8.40. The van der Waals surface area contributed by atoms with Gasteiger partial charge in [-0.1, -0.05) is 52.9 Å². The maximum atomic E-state index is 2.32. The van der Waals surface area contributed by atoms with E-state index in [0.29, 0.717) is 0 Å². The predicted molar refractivity (Wildman–Crippen MR) is 52.5 cm³/mol. The van der Waals surface area contributed by atoms with Gasteiger partial charge in [-0.05, 0) is 18.8 Å². The van der Waals surface area contributed by atoms with E-state index in [2.05, 4.69) is 27.2 Å². The molecule has 1 radical (unpaired) electrons. The molecule has 1 atom stereocenters. The average molecular weight is 155 g/mol. The molecule has 1 unspecified atom stereocenters. The molecule has 0 heteroatoms. The maximum absolute atomic E-state index is 2.32. The lowest BCUT2D eigenvalue weighted by Crippen LogP contribution is -1.99. The number of rotatable bonds is 7. The first-order valence-corrected chi connectivity index (χ1v) is 5.12. The average Bonchev–Trinajstić information content (AvgIpc) is 2.01. The lowest BCUT2D eigenvalue weighted by molar-refractivity contribution is 0.424. The lowest BCUT2D eigenvalue weighted by Gasteiger charge is -2.13. The van der Waals surface area contributed by atoms with Crippen molar-refractivity contribution in [1.82, 2.24) is 0 Å². The maximum Gasteiger partial charge on any atom is -0.0412 e. The van der Waals surface area contributed by atoms with E-state index in [-0.39, 0.29) is 0 Å². The standard InChI is InChI=1S/C11H23/c1-4-7-10-11(8-5-2)9-6-3/h5,11H,4,6-10H2,1-3H3. The van der Waals surface area contributed by atoms with Crippen LogP contribution in [0.5, 0.6) is 0 Å². The van der Waals surface area contributed by atoms with Gasteiger partial charge in [0.1, 0.15) is 0 Å². The molecule has 11 heavy (non-hydrogen) atoms. The van der Waals surface area contributed by atoms with Gasteiger partial charge in [0.2, 0.25) is 0 Å². The van der Waals surface area contributed by atoms with Crippen molar-refractivity contribution < 1.29 is 0 Å². The Kier molecular flexibility index (Phi) is 8.10. The van der Waals surface area contributed by atoms with Crippen LogP contribution in [0.3, 0.4) is 0 Å². The molecule has 0 amide bonds. The first kappa shape index (κ1) is 11.0. The number of unbranched alkanes of at least 4 members (excludes halogenated alkanes) is 1. The Hall–Kier alpha value is 0. The van der Waals surface area contributed by atoms with Gasteiger partial charge in [0, 0.05) is 0 Å². The van der Waals surface area contributed by atoms with E-state index >= 15 is 0 Å². The van der Waals surface area contributed by atoms with Crippen LogP contribution in [-0.4, -0.2) is 0 Å². The summed E-state index contributed by atoms with van der Waals surface area (Å²) >= 11 is 0. The third kappa shape index (κ3) is 6.40. The predicted octanol–water partition coefficient (Wildman–Crippen LogP) is 4.21. The van der Waals surface area contributed by atoms with Gasteiger partial charge < -0.3 is 0 Å². The molecule has 0 N–H and O–H groups in total. The molecule has 0 aliphatic rings. The fourth-order valence-corrected chi connectivity index (χ4v) is 1.61. The second-order valence-corrected chi connectivity index (χ2v) is 3.44. The van der Waals surface area contributed by atoms with Gasteiger partial charge in [0.15, 0.2) is 0 Å². The first-order valence-electron chi connectivity index (χ1n) is 5.12. The Morgan fingerprint density at radius 3 is 2.27 bits per heavy atom. The largest absolute Gasteiger partial charge is 0.0654 e. The summed E-state index contributed by atoms with van der Waals surface area (Å²) in [6, 6.07) is 0. The monoisotopic (exact) mass is 155 g/mol. The van der Waals surface area contributed by atoms with Crippen molar-refractivity contribution >= 4 is 0 Å². The van der Waals surface area contributed by atoms with Crippen LogP contribution in [0.2, 0.25) is 0 Å². The quantitative estimate of drug-likeness (QED) is 0.516. The van der Waals surface area contributed by atoms with Crippen LogP contribution in [0.15, 0.2) is 0 Å². The van der Waals surface area contributed by atoms with Crippen LogP contribution < -0.4 is 0 Å². The van der Waals surface area contributed by atoms with Gasteiger partial charge >= 0.3 is 0 Å². The SMILES string of the molecule is C[CH]CC(CCC)CCCC. The number of hydrogen-bond acceptors (Lipinski definition) is 0. The molecule has 0 rings (SSSR count). The van der Waals surface area contributed by atoms with Crippen LogP contribution in [0.4, 0.5) is 0 Å². The second kappa shape index (κ2) is 8.10. The van der Waals surface area contributed by atoms with Crippen LogP contribution in [-0.2, 0) is 0 Å². The highest BCUT2D eigenvalue weighted by Crippen LogP contribution is 2.19. The van der Waals surface area contributed by atoms with Crippen molar-refractivity contribution in [2.75, 3.05) is 0 Å². The fraction of sp³-hybridized carbons (Fsp3) is 0.909. The van der Waals surface area contributed by atoms with Gasteiger partial charge in [0.05, 0.1) is 0 Å². The molecule has 0 spiro atoms. The van der Waals surface area contributed by atoms with Crippen LogP contribution in [0.1, 0.15) is 59.3 Å². The summed E-state index contributed by atoms with van der Waals surface area (Å²) < 4.78 is 0. The molecule has 0 saturated heterocycles. The third-order valence-electron chi connectivity index (χ3n) is 2.23. The van der Waals surface area contributed by atoms with Crippen molar-refractivity contribution in [3.63, 3.8) is 0 Å². The zero-order valence-corrected chi connectivity index (χ0v) is 8.40. The molecule has 0 nitrogen and oxygen atoms in total. The summed E-state index contributed by atoms with van der Waals surface area (Å²) in [6.45, 7) is 6.74. The van der Waals surface area contributed by atoms with Crippen LogP contribution in [0.25, 0.3) is 0 Å². The first-order chi connectivity index (χ1) is 5.35. The smallest absolute Gasteiger partial charge is 0.0412 e. The summed E-state index contributed by atoms with van der Waals surface area (Å²) in [5.41, 5.74) is 0. The molecule has 0 aromatic carbocycles. The Balaban J connectivity index is 3.34. The molecule has 0 heterocycles. The molecule has 0 aromatic heterocycles. The molecule has 0 bridgehead atoms. The Bertz CT molecular complexity index is 60.4. The normalized spacial score (nSPS) is 10.9. The van der Waals surface area contributed by atoms with E-state index in [1.807, 2.05) is 0 Å². The van der Waals surface area contributed by atoms with Crippen LogP contribution in [0, 0.1) is 12.3 Å². The highest BCUT2D eigenvalue weighted by atomic mass is 14.1. The molecule has 0 saturated carbocycles. The fourth-order valence-electron chi connectivity index (χ4n) is 1.61. The molecule has 0 fully saturated rings. The van der Waals surface area contributed by atoms with Crippen molar-refractivity contribution in [3.05, 3.63) is 6.42 Å². The summed E-state index contributed by atoms with van der Waals surface area (Å²) in [5, 5.41) is 0. The minimum absolute atomic E-state index is 0.977. The minimum atomic E-state index is 0.977. The molecular weight excluding hydrogens is 132 g/mol. The Morgan fingerprint density at radius 2 is 1.82 bits per heavy atom. The van der Waals surface area contributed by atoms with E-state index < -0.39 is 0 Å². The van der Waals surface area contributed by atoms with Crippen molar-refractivity contribution in [3.8, 4) is 0 Å². The molecular formula is C11H23. The summed E-state index contributed by atoms with van der Waals surface area (Å²) in [6.07, 6.45) is 10.6.